The minimum Gasteiger partial charge on any atom is -0.466 e. The normalized spacial score (nSPS) is 13.8. The van der Waals surface area contributed by atoms with Crippen LogP contribution in [-0.4, -0.2) is 0 Å². The van der Waals surface area contributed by atoms with Gasteiger partial charge in [-0.3, -0.25) is 4.57 Å². The maximum atomic E-state index is 14.4. The van der Waals surface area contributed by atoms with Crippen molar-refractivity contribution in [3.8, 4) is 6.07 Å². The number of rotatable bonds is 5. The van der Waals surface area contributed by atoms with Gasteiger partial charge in [0.05, 0.1) is 12.3 Å². The van der Waals surface area contributed by atoms with Gasteiger partial charge in [0, 0.05) is 10.6 Å². The quantitative estimate of drug-likeness (QED) is 0.691. The summed E-state index contributed by atoms with van der Waals surface area (Å²) in [6.07, 6.45) is 1.51. The van der Waals surface area contributed by atoms with Crippen molar-refractivity contribution in [1.29, 1.82) is 5.26 Å². The van der Waals surface area contributed by atoms with Crippen LogP contribution in [0.25, 0.3) is 0 Å². The first-order valence-electron chi connectivity index (χ1n) is 8.38. The van der Waals surface area contributed by atoms with Gasteiger partial charge in [-0.2, -0.15) is 5.26 Å². The summed E-state index contributed by atoms with van der Waals surface area (Å²) >= 11 is 0. The molecule has 1 unspecified atom stereocenters. The van der Waals surface area contributed by atoms with Gasteiger partial charge in [-0.25, -0.2) is 5.09 Å². The Morgan fingerprint density at radius 2 is 1.50 bits per heavy atom. The molecule has 0 saturated carbocycles. The van der Waals surface area contributed by atoms with Crippen molar-refractivity contribution in [2.24, 2.45) is 0 Å². The number of aryl methyl sites for hydroxylation is 2. The van der Waals surface area contributed by atoms with Crippen LogP contribution in [0.5, 0.6) is 0 Å². The minimum atomic E-state index is -3.31. The number of nitriles is 1. The predicted octanol–water partition coefficient (Wildman–Crippen LogP) is 4.15. The summed E-state index contributed by atoms with van der Waals surface area (Å²) in [5, 5.41) is 14.4. The second-order valence-electron chi connectivity index (χ2n) is 6.51. The molecule has 0 aliphatic rings. The number of nitrogens with one attached hydrogen (secondary N) is 1. The third kappa shape index (κ3) is 3.12. The Kier molecular flexibility index (Phi) is 4.87. The van der Waals surface area contributed by atoms with Crippen molar-refractivity contribution in [2.75, 3.05) is 0 Å². The van der Waals surface area contributed by atoms with Crippen LogP contribution in [0.1, 0.15) is 23.8 Å². The summed E-state index contributed by atoms with van der Waals surface area (Å²) in [6, 6.07) is 20.8. The molecule has 26 heavy (non-hydrogen) atoms. The summed E-state index contributed by atoms with van der Waals surface area (Å²) in [4.78, 5) is 0. The fourth-order valence-corrected chi connectivity index (χ4v) is 6.12. The van der Waals surface area contributed by atoms with E-state index in [1.54, 1.807) is 19.1 Å². The molecule has 0 radical (unpaired) electrons. The zero-order valence-electron chi connectivity index (χ0n) is 15.1. The van der Waals surface area contributed by atoms with E-state index in [2.05, 4.69) is 11.2 Å². The molecule has 1 N–H and O–H groups in total. The van der Waals surface area contributed by atoms with Gasteiger partial charge in [-0.1, -0.05) is 36.4 Å². The highest BCUT2D eigenvalue weighted by molar-refractivity contribution is 7.77. The van der Waals surface area contributed by atoms with Crippen molar-refractivity contribution in [1.82, 2.24) is 5.09 Å². The van der Waals surface area contributed by atoms with E-state index in [4.69, 9.17) is 4.42 Å². The molecule has 3 aromatic rings. The molecule has 5 heteroatoms. The van der Waals surface area contributed by atoms with Gasteiger partial charge in [-0.15, -0.1) is 0 Å². The van der Waals surface area contributed by atoms with E-state index in [9.17, 15) is 9.83 Å². The third-order valence-corrected chi connectivity index (χ3v) is 7.65. The summed E-state index contributed by atoms with van der Waals surface area (Å²) in [6.45, 7) is 5.55. The molecule has 0 spiro atoms. The molecule has 0 saturated heterocycles. The Bertz CT molecular complexity index is 955. The molecule has 4 nitrogen and oxygen atoms in total. The number of nitrogens with zero attached hydrogens (tertiary/aromatic N) is 1. The minimum absolute atomic E-state index is 0.433. The van der Waals surface area contributed by atoms with Crippen LogP contribution in [0.3, 0.4) is 0 Å². The average Bonchev–Trinajstić information content (AvgIpc) is 3.17. The Labute approximate surface area is 153 Å². The molecule has 3 rings (SSSR count). The van der Waals surface area contributed by atoms with E-state index in [0.717, 1.165) is 11.1 Å². The lowest BCUT2D eigenvalue weighted by Gasteiger charge is -2.30. The molecule has 0 aliphatic carbocycles. The van der Waals surface area contributed by atoms with E-state index >= 15 is 0 Å². The van der Waals surface area contributed by atoms with E-state index in [-0.39, 0.29) is 0 Å². The standard InChI is InChI=1S/C21H21N2O2P/c1-16-9-4-6-11-18(16)26(24,19-12-7-5-10-17(19)2)23-21(3,15-22)20-13-8-14-25-20/h4-14H,1-3H3,(H,23,24). The molecule has 0 aliphatic heterocycles. The van der Waals surface area contributed by atoms with Gasteiger partial charge in [-0.05, 0) is 56.2 Å². The Balaban J connectivity index is 2.23. The summed E-state index contributed by atoms with van der Waals surface area (Å²) in [5.41, 5.74) is 0.585. The van der Waals surface area contributed by atoms with Crippen molar-refractivity contribution >= 4 is 17.9 Å². The second-order valence-corrected chi connectivity index (χ2v) is 8.91. The number of benzene rings is 2. The van der Waals surface area contributed by atoms with Gasteiger partial charge >= 0.3 is 0 Å². The highest BCUT2D eigenvalue weighted by atomic mass is 31.2. The molecule has 2 aromatic carbocycles. The maximum Gasteiger partial charge on any atom is 0.206 e. The Morgan fingerprint density at radius 1 is 0.962 bits per heavy atom. The van der Waals surface area contributed by atoms with Crippen molar-refractivity contribution < 1.29 is 8.98 Å². The van der Waals surface area contributed by atoms with E-state index < -0.39 is 12.8 Å². The van der Waals surface area contributed by atoms with Gasteiger partial charge in [0.15, 0.2) is 5.54 Å². The monoisotopic (exact) mass is 364 g/mol. The van der Waals surface area contributed by atoms with Crippen molar-refractivity contribution in [2.45, 2.75) is 26.3 Å². The Hall–Kier alpha value is -2.60. The first kappa shape index (κ1) is 18.2. The lowest BCUT2D eigenvalue weighted by atomic mass is 10.0. The molecule has 0 amide bonds. The maximum absolute atomic E-state index is 14.4. The number of furan rings is 1. The predicted molar refractivity (Wildman–Crippen MR) is 104 cm³/mol. The summed E-state index contributed by atoms with van der Waals surface area (Å²) < 4.78 is 19.9. The fraction of sp³-hybridized carbons (Fsp3) is 0.190. The lowest BCUT2D eigenvalue weighted by Crippen LogP contribution is -2.42. The van der Waals surface area contributed by atoms with Gasteiger partial charge in [0.1, 0.15) is 5.76 Å². The van der Waals surface area contributed by atoms with Crippen molar-refractivity contribution in [3.05, 3.63) is 83.8 Å². The van der Waals surface area contributed by atoms with Crippen LogP contribution in [0.2, 0.25) is 0 Å². The van der Waals surface area contributed by atoms with Gasteiger partial charge in [0.25, 0.3) is 0 Å². The van der Waals surface area contributed by atoms with Crippen LogP contribution in [-0.2, 0) is 10.1 Å². The second kappa shape index (κ2) is 6.96. The first-order valence-corrected chi connectivity index (χ1v) is 10.1. The highest BCUT2D eigenvalue weighted by Gasteiger charge is 2.40. The van der Waals surface area contributed by atoms with Gasteiger partial charge < -0.3 is 4.42 Å². The average molecular weight is 364 g/mol. The smallest absolute Gasteiger partial charge is 0.206 e. The molecule has 0 bridgehead atoms. The molecule has 1 aromatic heterocycles. The highest BCUT2D eigenvalue weighted by Crippen LogP contribution is 2.45. The van der Waals surface area contributed by atoms with Crippen molar-refractivity contribution in [3.63, 3.8) is 0 Å². The molecule has 132 valence electrons. The molecule has 1 heterocycles. The molecular formula is C21H21N2O2P. The van der Waals surface area contributed by atoms with Crippen LogP contribution in [0.4, 0.5) is 0 Å². The van der Waals surface area contributed by atoms with Crippen LogP contribution in [0, 0.1) is 25.2 Å². The lowest BCUT2D eigenvalue weighted by molar-refractivity contribution is 0.406. The van der Waals surface area contributed by atoms with E-state index in [1.165, 1.54) is 6.26 Å². The first-order chi connectivity index (χ1) is 12.4. The summed E-state index contributed by atoms with van der Waals surface area (Å²) in [5.74, 6) is 0.433. The number of hydrogen-bond donors (Lipinski definition) is 1. The largest absolute Gasteiger partial charge is 0.466 e. The number of hydrogen-bond acceptors (Lipinski definition) is 3. The molecule has 1 atom stereocenters. The third-order valence-electron chi connectivity index (χ3n) is 4.53. The Morgan fingerprint density at radius 3 is 1.92 bits per heavy atom. The molecular weight excluding hydrogens is 343 g/mol. The fourth-order valence-electron chi connectivity index (χ4n) is 3.10. The van der Waals surface area contributed by atoms with Gasteiger partial charge in [0.2, 0.25) is 7.29 Å². The molecule has 0 fully saturated rings. The SMILES string of the molecule is Cc1ccccc1P(=O)(NC(C)(C#N)c1ccco1)c1ccccc1C. The zero-order valence-corrected chi connectivity index (χ0v) is 16.0. The van der Waals surface area contributed by atoms with Crippen LogP contribution >= 0.6 is 7.29 Å². The van der Waals surface area contributed by atoms with Crippen LogP contribution in [0.15, 0.2) is 71.3 Å². The van der Waals surface area contributed by atoms with E-state index in [0.29, 0.717) is 16.4 Å². The van der Waals surface area contributed by atoms with E-state index in [1.807, 2.05) is 62.4 Å². The summed E-state index contributed by atoms with van der Waals surface area (Å²) in [7, 11) is -3.31. The zero-order chi connectivity index (χ0) is 18.8. The topological polar surface area (TPSA) is 66.0 Å². The van der Waals surface area contributed by atoms with Crippen LogP contribution < -0.4 is 15.7 Å².